The number of azide groups is 4. The number of ether oxygens (including phenoxy) is 5. The molecule has 3 unspecified atom stereocenters. The van der Waals surface area contributed by atoms with Gasteiger partial charge in [0.2, 0.25) is 0 Å². The first kappa shape index (κ1) is 30.4. The topological polar surface area (TPSA) is 322 Å². The van der Waals surface area contributed by atoms with Crippen molar-refractivity contribution >= 4 is 0 Å². The van der Waals surface area contributed by atoms with Gasteiger partial charge in [0.05, 0.1) is 49.7 Å². The summed E-state index contributed by atoms with van der Waals surface area (Å²) in [6.45, 7) is -0.833. The Kier molecular flexibility index (Phi) is 11.2. The summed E-state index contributed by atoms with van der Waals surface area (Å²) in [5.41, 5.74) is 35.3. The lowest BCUT2D eigenvalue weighted by Crippen LogP contribution is -2.58. The van der Waals surface area contributed by atoms with Gasteiger partial charge in [-0.15, -0.1) is 0 Å². The maximum Gasteiger partial charge on any atom is 0.187 e. The number of aliphatic hydroxyl groups is 4. The normalized spacial score (nSPS) is 41.8. The molecule has 3 fully saturated rings. The lowest BCUT2D eigenvalue weighted by molar-refractivity contribution is -0.256. The minimum absolute atomic E-state index is 0.0296. The molecule has 0 amide bonds. The van der Waals surface area contributed by atoms with Crippen LogP contribution in [0.2, 0.25) is 0 Å². The van der Waals surface area contributed by atoms with Gasteiger partial charge >= 0.3 is 0 Å². The van der Waals surface area contributed by atoms with Crippen molar-refractivity contribution in [2.24, 2.45) is 20.5 Å². The summed E-state index contributed by atoms with van der Waals surface area (Å²) in [6.07, 6.45) is -13.1. The average Bonchev–Trinajstić information content (AvgIpc) is 3.21. The van der Waals surface area contributed by atoms with Crippen molar-refractivity contribution in [3.63, 3.8) is 0 Å². The second kappa shape index (κ2) is 14.3. The number of nitrogens with zero attached hydrogens (tertiary/aromatic N) is 12. The minimum atomic E-state index is -1.63. The van der Waals surface area contributed by atoms with Crippen LogP contribution < -0.4 is 0 Å². The Morgan fingerprint density at radius 2 is 1.46 bits per heavy atom. The summed E-state index contributed by atoms with van der Waals surface area (Å²) >= 11 is 0. The van der Waals surface area contributed by atoms with Crippen molar-refractivity contribution in [3.8, 4) is 0 Å². The number of methoxy groups -OCH3 is 1. The van der Waals surface area contributed by atoms with Crippen LogP contribution in [0.5, 0.6) is 0 Å². The van der Waals surface area contributed by atoms with Gasteiger partial charge in [0.1, 0.15) is 30.5 Å². The molecule has 1 aliphatic carbocycles. The van der Waals surface area contributed by atoms with E-state index in [0.29, 0.717) is 0 Å². The number of rotatable bonds is 11. The predicted molar refractivity (Wildman–Crippen MR) is 125 cm³/mol. The molecular weight excluding hydrogens is 528 g/mol. The van der Waals surface area contributed by atoms with E-state index in [1.807, 2.05) is 0 Å². The molecule has 0 radical (unpaired) electrons. The van der Waals surface area contributed by atoms with E-state index in [2.05, 4.69) is 40.1 Å². The lowest BCUT2D eigenvalue weighted by atomic mass is 9.84. The van der Waals surface area contributed by atoms with Gasteiger partial charge in [0.25, 0.3) is 0 Å². The van der Waals surface area contributed by atoms with E-state index in [1.54, 1.807) is 0 Å². The van der Waals surface area contributed by atoms with E-state index in [9.17, 15) is 20.4 Å². The highest BCUT2D eigenvalue weighted by Crippen LogP contribution is 2.35. The third-order valence-electron chi connectivity index (χ3n) is 6.68. The quantitative estimate of drug-likeness (QED) is 0.155. The first-order chi connectivity index (χ1) is 18.8. The van der Waals surface area contributed by atoms with E-state index < -0.39 is 86.1 Å². The molecule has 21 nitrogen and oxygen atoms in total. The van der Waals surface area contributed by atoms with Gasteiger partial charge in [-0.05, 0) is 28.5 Å². The fourth-order valence-electron chi connectivity index (χ4n) is 4.87. The molecule has 0 bridgehead atoms. The maximum absolute atomic E-state index is 11.0. The van der Waals surface area contributed by atoms with Crippen LogP contribution in [-0.2, 0) is 23.7 Å². The third kappa shape index (κ3) is 6.91. The van der Waals surface area contributed by atoms with E-state index in [4.69, 9.17) is 45.8 Å². The molecule has 4 N–H and O–H groups in total. The van der Waals surface area contributed by atoms with Crippen LogP contribution in [0.15, 0.2) is 20.5 Å². The van der Waals surface area contributed by atoms with E-state index in [-0.39, 0.29) is 19.4 Å². The Labute approximate surface area is 219 Å². The molecule has 3 aliphatic rings. The highest BCUT2D eigenvalue weighted by Gasteiger charge is 2.52. The monoisotopic (exact) mass is 556 g/mol. The van der Waals surface area contributed by atoms with E-state index in [0.717, 1.165) is 0 Å². The molecule has 21 heteroatoms. The summed E-state index contributed by atoms with van der Waals surface area (Å²) in [7, 11) is 1.28. The highest BCUT2D eigenvalue weighted by atomic mass is 16.7. The minimum Gasteiger partial charge on any atom is -0.394 e. The molecule has 0 spiro atoms. The van der Waals surface area contributed by atoms with E-state index >= 15 is 0 Å². The van der Waals surface area contributed by atoms with Crippen LogP contribution in [0.3, 0.4) is 0 Å². The molecule has 1 saturated carbocycles. The Bertz CT molecular complexity index is 1030. The number of hydrogen-bond acceptors (Lipinski definition) is 13. The first-order valence-corrected chi connectivity index (χ1v) is 11.8. The molecule has 3 rings (SSSR count). The largest absolute Gasteiger partial charge is 0.394 e. The molecule has 2 aliphatic heterocycles. The van der Waals surface area contributed by atoms with Crippen LogP contribution in [0.4, 0.5) is 0 Å². The number of aliphatic hydroxyl groups excluding tert-OH is 4. The van der Waals surface area contributed by atoms with Crippen LogP contribution in [0, 0.1) is 0 Å². The smallest absolute Gasteiger partial charge is 0.187 e. The Morgan fingerprint density at radius 3 is 2.08 bits per heavy atom. The summed E-state index contributed by atoms with van der Waals surface area (Å²) in [4.78, 5) is 10.8. The molecule has 2 saturated heterocycles. The van der Waals surface area contributed by atoms with Crippen molar-refractivity contribution in [1.82, 2.24) is 0 Å². The second-order valence-corrected chi connectivity index (χ2v) is 8.93. The molecule has 2 heterocycles. The third-order valence-corrected chi connectivity index (χ3v) is 6.68. The second-order valence-electron chi connectivity index (χ2n) is 8.93. The zero-order valence-corrected chi connectivity index (χ0v) is 20.5. The van der Waals surface area contributed by atoms with Crippen LogP contribution in [-0.4, -0.2) is 120 Å². The van der Waals surface area contributed by atoms with Gasteiger partial charge in [-0.2, -0.15) is 0 Å². The molecule has 214 valence electrons. The van der Waals surface area contributed by atoms with Crippen LogP contribution in [0.1, 0.15) is 12.8 Å². The Balaban J connectivity index is 1.82. The predicted octanol–water partition coefficient (Wildman–Crippen LogP) is 0.437. The molecular formula is C18H28N12O9. The summed E-state index contributed by atoms with van der Waals surface area (Å²) in [6, 6.07) is -3.22. The molecule has 0 aromatic heterocycles. The highest BCUT2D eigenvalue weighted by molar-refractivity contribution is 5.02. The Hall–Kier alpha value is -3.12. The van der Waals surface area contributed by atoms with Crippen molar-refractivity contribution in [2.45, 2.75) is 92.4 Å². The van der Waals surface area contributed by atoms with Gasteiger partial charge in [-0.3, -0.25) is 0 Å². The lowest BCUT2D eigenvalue weighted by Gasteiger charge is -2.42. The number of hydrogen-bond donors (Lipinski definition) is 4. The van der Waals surface area contributed by atoms with Gasteiger partial charge in [0, 0.05) is 33.2 Å². The Morgan fingerprint density at radius 1 is 0.795 bits per heavy atom. The van der Waals surface area contributed by atoms with Gasteiger partial charge < -0.3 is 44.1 Å². The molecule has 13 atom stereocenters. The molecule has 0 aromatic carbocycles. The molecule has 0 aromatic rings. The van der Waals surface area contributed by atoms with Crippen molar-refractivity contribution in [1.29, 1.82) is 0 Å². The van der Waals surface area contributed by atoms with Gasteiger partial charge in [0.15, 0.2) is 12.6 Å². The van der Waals surface area contributed by atoms with Gasteiger partial charge in [-0.1, -0.05) is 20.5 Å². The fourth-order valence-corrected chi connectivity index (χ4v) is 4.87. The fraction of sp³-hybridized carbons (Fsp3) is 1.00. The standard InChI is InChI=1S/C18H28N12O9/c1-35-14-8(25-29-21)3-7(24-28-20)12(33)16(14)39-18-13(34)15(10(5-31)37-18)38-17-11(26-30-22)9(32)2-6(36-17)4-23-27-19/h6-18,31-34H,2-5H2,1H3/t6-,7?,8?,9+,10-,11?,12+,13-,14-,15-,16-,17-,18+/m1/s1. The van der Waals surface area contributed by atoms with Crippen molar-refractivity contribution in [2.75, 3.05) is 20.3 Å². The molecule has 39 heavy (non-hydrogen) atoms. The summed E-state index contributed by atoms with van der Waals surface area (Å²) in [5, 5.41) is 56.3. The van der Waals surface area contributed by atoms with Crippen molar-refractivity contribution in [3.05, 3.63) is 41.8 Å². The SMILES string of the molecule is CO[C@@H]1C(N=[N+]=[N-])CC(N=[N+]=[N-])[C@H](O)[C@H]1O[C@@H]1O[C@H](CO)[C@@H](O[C@H]2O[C@@H](CN=[N+]=[N-])C[C@H](O)C2N=[N+]=[N-])[C@H]1O. The van der Waals surface area contributed by atoms with Crippen molar-refractivity contribution < 1.29 is 44.1 Å². The van der Waals surface area contributed by atoms with E-state index in [1.165, 1.54) is 7.11 Å². The summed E-state index contributed by atoms with van der Waals surface area (Å²) < 4.78 is 28.3. The van der Waals surface area contributed by atoms with Crippen LogP contribution >= 0.6 is 0 Å². The maximum atomic E-state index is 11.0. The average molecular weight is 556 g/mol. The summed E-state index contributed by atoms with van der Waals surface area (Å²) in [5.74, 6) is 0. The zero-order chi connectivity index (χ0) is 28.5. The first-order valence-electron chi connectivity index (χ1n) is 11.8. The van der Waals surface area contributed by atoms with Crippen LogP contribution in [0.25, 0.3) is 41.8 Å². The zero-order valence-electron chi connectivity index (χ0n) is 20.5. The van der Waals surface area contributed by atoms with Gasteiger partial charge in [-0.25, -0.2) is 0 Å².